The molecule has 0 aliphatic rings. The molecular weight excluding hydrogens is 307 g/mol. The van der Waals surface area contributed by atoms with E-state index in [1.165, 1.54) is 12.1 Å². The molecule has 0 bridgehead atoms. The van der Waals surface area contributed by atoms with Crippen LogP contribution in [0.5, 0.6) is 0 Å². The van der Waals surface area contributed by atoms with E-state index in [-0.39, 0.29) is 17.7 Å². The molecule has 0 spiro atoms. The van der Waals surface area contributed by atoms with Crippen molar-refractivity contribution in [1.29, 1.82) is 0 Å². The first-order valence-corrected chi connectivity index (χ1v) is 7.67. The second-order valence-corrected chi connectivity index (χ2v) is 5.43. The van der Waals surface area contributed by atoms with E-state index < -0.39 is 0 Å². The highest BCUT2D eigenvalue weighted by molar-refractivity contribution is 5.88. The molecule has 0 saturated carbocycles. The first-order chi connectivity index (χ1) is 11.7. The van der Waals surface area contributed by atoms with Gasteiger partial charge in [0.05, 0.1) is 6.54 Å². The molecular formula is C18H17FN4O. The van der Waals surface area contributed by atoms with Crippen molar-refractivity contribution >= 4 is 11.9 Å². The fourth-order valence-corrected chi connectivity index (χ4v) is 2.29. The van der Waals surface area contributed by atoms with Crippen LogP contribution in [0.2, 0.25) is 0 Å². The van der Waals surface area contributed by atoms with E-state index in [4.69, 9.17) is 0 Å². The first-order valence-electron chi connectivity index (χ1n) is 7.67. The van der Waals surface area contributed by atoms with Gasteiger partial charge in [-0.1, -0.05) is 42.5 Å². The van der Waals surface area contributed by atoms with Gasteiger partial charge in [0.15, 0.2) is 0 Å². The topological polar surface area (TPSA) is 59.8 Å². The highest BCUT2D eigenvalue weighted by atomic mass is 19.1. The number of amides is 1. The van der Waals surface area contributed by atoms with E-state index in [1.54, 1.807) is 23.1 Å². The fourth-order valence-electron chi connectivity index (χ4n) is 2.29. The Labute approximate surface area is 139 Å². The zero-order valence-corrected chi connectivity index (χ0v) is 13.0. The van der Waals surface area contributed by atoms with Crippen LogP contribution in [0.25, 0.3) is 0 Å². The molecule has 2 aromatic carbocycles. The van der Waals surface area contributed by atoms with E-state index in [0.29, 0.717) is 19.4 Å². The molecule has 0 fully saturated rings. The molecule has 1 N–H and O–H groups in total. The first kappa shape index (κ1) is 15.9. The zero-order valence-electron chi connectivity index (χ0n) is 13.0. The van der Waals surface area contributed by atoms with Gasteiger partial charge in [0.25, 0.3) is 0 Å². The lowest BCUT2D eigenvalue weighted by Crippen LogP contribution is -2.14. The lowest BCUT2D eigenvalue weighted by molar-refractivity contribution is -0.116. The Bertz CT molecular complexity index is 799. The summed E-state index contributed by atoms with van der Waals surface area (Å²) >= 11 is 0. The second kappa shape index (κ2) is 7.50. The molecule has 24 heavy (non-hydrogen) atoms. The number of benzene rings is 2. The molecule has 0 aliphatic heterocycles. The van der Waals surface area contributed by atoms with Gasteiger partial charge in [0.2, 0.25) is 11.9 Å². The predicted molar refractivity (Wildman–Crippen MR) is 88.9 cm³/mol. The molecule has 1 amide bonds. The molecule has 0 unspecified atom stereocenters. The van der Waals surface area contributed by atoms with Crippen LogP contribution in [-0.2, 0) is 17.8 Å². The summed E-state index contributed by atoms with van der Waals surface area (Å²) < 4.78 is 14.5. The normalized spacial score (nSPS) is 10.5. The second-order valence-electron chi connectivity index (χ2n) is 5.43. The smallest absolute Gasteiger partial charge is 0.248 e. The highest BCUT2D eigenvalue weighted by Crippen LogP contribution is 2.07. The molecule has 1 aromatic heterocycles. The van der Waals surface area contributed by atoms with Crippen molar-refractivity contribution in [3.63, 3.8) is 0 Å². The number of rotatable bonds is 6. The summed E-state index contributed by atoms with van der Waals surface area (Å²) in [7, 11) is 0. The Kier molecular flexibility index (Phi) is 4.96. The van der Waals surface area contributed by atoms with Crippen LogP contribution in [0.1, 0.15) is 17.5 Å². The largest absolute Gasteiger partial charge is 0.293 e. The summed E-state index contributed by atoms with van der Waals surface area (Å²) in [6.07, 6.45) is 2.41. The molecule has 3 rings (SSSR count). The van der Waals surface area contributed by atoms with Crippen molar-refractivity contribution in [1.82, 2.24) is 14.8 Å². The number of hydrogen-bond acceptors (Lipinski definition) is 3. The predicted octanol–water partition coefficient (Wildman–Crippen LogP) is 3.04. The molecule has 1 heterocycles. The number of aromatic nitrogens is 3. The molecule has 0 saturated heterocycles. The van der Waals surface area contributed by atoms with Gasteiger partial charge < -0.3 is 0 Å². The van der Waals surface area contributed by atoms with Crippen molar-refractivity contribution < 1.29 is 9.18 Å². The Balaban J connectivity index is 1.50. The summed E-state index contributed by atoms with van der Waals surface area (Å²) in [5.41, 5.74) is 2.02. The molecule has 122 valence electrons. The van der Waals surface area contributed by atoms with Gasteiger partial charge in [-0.25, -0.2) is 14.1 Å². The molecule has 5 nitrogen and oxygen atoms in total. The van der Waals surface area contributed by atoms with Crippen LogP contribution in [0.3, 0.4) is 0 Å². The van der Waals surface area contributed by atoms with E-state index in [9.17, 15) is 9.18 Å². The minimum atomic E-state index is -0.281. The molecule has 3 aromatic rings. The number of anilines is 1. The number of nitrogens with zero attached hydrogens (tertiary/aromatic N) is 3. The minimum absolute atomic E-state index is 0.170. The Morgan fingerprint density at radius 2 is 1.79 bits per heavy atom. The van der Waals surface area contributed by atoms with Gasteiger partial charge in [-0.2, -0.15) is 0 Å². The summed E-state index contributed by atoms with van der Waals surface area (Å²) in [4.78, 5) is 16.0. The standard InChI is InChI=1S/C18H17FN4O/c19-16-9-6-14(7-10-16)8-11-17(24)21-18-20-13-23(22-18)12-15-4-2-1-3-5-15/h1-7,9-10,13H,8,11-12H2,(H,21,22,24). The lowest BCUT2D eigenvalue weighted by Gasteiger charge is -2.02. The van der Waals surface area contributed by atoms with Crippen molar-refractivity contribution in [2.24, 2.45) is 0 Å². The third-order valence-electron chi connectivity index (χ3n) is 3.53. The average molecular weight is 324 g/mol. The van der Waals surface area contributed by atoms with E-state index in [2.05, 4.69) is 15.4 Å². The van der Waals surface area contributed by atoms with Crippen molar-refractivity contribution in [2.75, 3.05) is 5.32 Å². The van der Waals surface area contributed by atoms with Gasteiger partial charge in [-0.05, 0) is 29.7 Å². The monoisotopic (exact) mass is 324 g/mol. The van der Waals surface area contributed by atoms with Gasteiger partial charge in [-0.3, -0.25) is 10.1 Å². The zero-order chi connectivity index (χ0) is 16.8. The summed E-state index contributed by atoms with van der Waals surface area (Å²) in [5.74, 6) is -0.164. The highest BCUT2D eigenvalue weighted by Gasteiger charge is 2.07. The van der Waals surface area contributed by atoms with E-state index in [0.717, 1.165) is 11.1 Å². The molecule has 0 atom stereocenters. The number of carbonyl (C=O) groups excluding carboxylic acids is 1. The maximum absolute atomic E-state index is 12.8. The third kappa shape index (κ3) is 4.49. The maximum atomic E-state index is 12.8. The molecule has 6 heteroatoms. The van der Waals surface area contributed by atoms with Gasteiger partial charge in [0, 0.05) is 6.42 Å². The van der Waals surface area contributed by atoms with Crippen LogP contribution < -0.4 is 5.32 Å². The van der Waals surface area contributed by atoms with Gasteiger partial charge in [-0.15, -0.1) is 5.10 Å². The maximum Gasteiger partial charge on any atom is 0.248 e. The van der Waals surface area contributed by atoms with E-state index >= 15 is 0 Å². The summed E-state index contributed by atoms with van der Waals surface area (Å²) in [6.45, 7) is 0.597. The quantitative estimate of drug-likeness (QED) is 0.758. The van der Waals surface area contributed by atoms with E-state index in [1.807, 2.05) is 30.3 Å². The van der Waals surface area contributed by atoms with Crippen LogP contribution >= 0.6 is 0 Å². The van der Waals surface area contributed by atoms with Gasteiger partial charge >= 0.3 is 0 Å². The average Bonchev–Trinajstić information content (AvgIpc) is 3.02. The van der Waals surface area contributed by atoms with Crippen LogP contribution in [-0.4, -0.2) is 20.7 Å². The third-order valence-corrected chi connectivity index (χ3v) is 3.53. The Hall–Kier alpha value is -3.02. The van der Waals surface area contributed by atoms with Crippen LogP contribution in [0.15, 0.2) is 60.9 Å². The van der Waals surface area contributed by atoms with Crippen molar-refractivity contribution in [2.45, 2.75) is 19.4 Å². The minimum Gasteiger partial charge on any atom is -0.293 e. The van der Waals surface area contributed by atoms with Crippen LogP contribution in [0.4, 0.5) is 10.3 Å². The summed E-state index contributed by atoms with van der Waals surface area (Å²) in [6, 6.07) is 16.0. The lowest BCUT2D eigenvalue weighted by atomic mass is 10.1. The number of carbonyl (C=O) groups is 1. The molecule has 0 aliphatic carbocycles. The van der Waals surface area contributed by atoms with Gasteiger partial charge in [0.1, 0.15) is 12.1 Å². The summed E-state index contributed by atoms with van der Waals surface area (Å²) in [5, 5.41) is 6.91. The molecule has 0 radical (unpaired) electrons. The fraction of sp³-hybridized carbons (Fsp3) is 0.167. The Morgan fingerprint density at radius 1 is 1.04 bits per heavy atom. The number of nitrogens with one attached hydrogen (secondary N) is 1. The number of halogens is 1. The number of aryl methyl sites for hydroxylation is 1. The Morgan fingerprint density at radius 3 is 2.54 bits per heavy atom. The SMILES string of the molecule is O=C(CCc1ccc(F)cc1)Nc1ncn(Cc2ccccc2)n1. The van der Waals surface area contributed by atoms with Crippen LogP contribution in [0, 0.1) is 5.82 Å². The number of hydrogen-bond donors (Lipinski definition) is 1. The van der Waals surface area contributed by atoms with Crippen molar-refractivity contribution in [3.8, 4) is 0 Å². The van der Waals surface area contributed by atoms with Crippen molar-refractivity contribution in [3.05, 3.63) is 77.9 Å².